The topological polar surface area (TPSA) is 77.2 Å². The molecule has 0 fully saturated rings. The number of alkyl halides is 3. The maximum Gasteiger partial charge on any atom is 0.416 e. The van der Waals surface area contributed by atoms with Crippen LogP contribution in [-0.2, 0) is 10.9 Å². The molecule has 1 heterocycles. The van der Waals surface area contributed by atoms with Gasteiger partial charge in [-0.2, -0.15) is 13.2 Å². The number of anilines is 2. The number of hydrogen-bond donors (Lipinski definition) is 2. The number of amides is 1. The van der Waals surface area contributed by atoms with Crippen LogP contribution in [0.4, 0.5) is 29.5 Å². The number of carbonyl (C=O) groups is 1. The number of pyridine rings is 1. The van der Waals surface area contributed by atoms with E-state index in [-0.39, 0.29) is 11.5 Å². The number of nitrogens with one attached hydrogen (secondary N) is 1. The zero-order valence-corrected chi connectivity index (χ0v) is 16.1. The Morgan fingerprint density at radius 2 is 1.72 bits per heavy atom. The zero-order chi connectivity index (χ0) is 21.4. The molecule has 1 amide bonds. The van der Waals surface area contributed by atoms with Crippen molar-refractivity contribution in [3.8, 4) is 11.1 Å². The van der Waals surface area contributed by atoms with E-state index in [2.05, 4.69) is 10.3 Å². The quantitative estimate of drug-likeness (QED) is 0.563. The van der Waals surface area contributed by atoms with Crippen LogP contribution >= 0.6 is 0 Å². The lowest BCUT2D eigenvalue weighted by molar-refractivity contribution is -0.137. The first-order valence-electron chi connectivity index (χ1n) is 8.81. The summed E-state index contributed by atoms with van der Waals surface area (Å²) >= 11 is 0. The lowest BCUT2D eigenvalue weighted by Crippen LogP contribution is -2.27. The van der Waals surface area contributed by atoms with Crippen LogP contribution in [0.3, 0.4) is 0 Å². The molecule has 152 valence electrons. The first-order valence-corrected chi connectivity index (χ1v) is 8.81. The molecule has 0 spiro atoms. The third-order valence-corrected chi connectivity index (χ3v) is 4.03. The van der Waals surface area contributed by atoms with Crippen LogP contribution in [0.25, 0.3) is 22.0 Å². The highest BCUT2D eigenvalue weighted by Crippen LogP contribution is 2.38. The molecular weight excluding hydrogens is 383 g/mol. The number of halogens is 3. The number of aromatic nitrogens is 1. The Kier molecular flexibility index (Phi) is 5.13. The molecule has 29 heavy (non-hydrogen) atoms. The van der Waals surface area contributed by atoms with Gasteiger partial charge in [0.15, 0.2) is 0 Å². The molecule has 0 saturated carbocycles. The molecule has 0 aliphatic heterocycles. The van der Waals surface area contributed by atoms with Gasteiger partial charge in [0.25, 0.3) is 0 Å². The summed E-state index contributed by atoms with van der Waals surface area (Å²) in [4.78, 5) is 16.5. The number of hydrogen-bond acceptors (Lipinski definition) is 4. The normalized spacial score (nSPS) is 12.1. The molecule has 0 bridgehead atoms. The Hall–Kier alpha value is -3.29. The van der Waals surface area contributed by atoms with Crippen LogP contribution in [0.15, 0.2) is 48.5 Å². The molecule has 3 aromatic rings. The van der Waals surface area contributed by atoms with Crippen LogP contribution in [0.5, 0.6) is 0 Å². The van der Waals surface area contributed by atoms with Crippen molar-refractivity contribution in [3.05, 3.63) is 54.1 Å². The third-order valence-electron chi connectivity index (χ3n) is 4.03. The number of nitrogens with two attached hydrogens (primary N) is 1. The summed E-state index contributed by atoms with van der Waals surface area (Å²) in [6.07, 6.45) is -5.44. The Morgan fingerprint density at radius 3 is 2.38 bits per heavy atom. The van der Waals surface area contributed by atoms with Crippen LogP contribution in [-0.4, -0.2) is 16.7 Å². The Morgan fingerprint density at radius 1 is 1.03 bits per heavy atom. The predicted molar refractivity (Wildman–Crippen MR) is 106 cm³/mol. The average Bonchev–Trinajstić information content (AvgIpc) is 2.59. The maximum atomic E-state index is 13.2. The molecule has 0 aliphatic carbocycles. The number of rotatable bonds is 2. The molecule has 0 atom stereocenters. The minimum Gasteiger partial charge on any atom is -0.444 e. The first-order chi connectivity index (χ1) is 13.4. The maximum absolute atomic E-state index is 13.2. The fourth-order valence-electron chi connectivity index (χ4n) is 2.82. The third kappa shape index (κ3) is 4.77. The van der Waals surface area contributed by atoms with Crippen molar-refractivity contribution in [3.63, 3.8) is 0 Å². The summed E-state index contributed by atoms with van der Waals surface area (Å²) in [6, 6.07) is 12.0. The predicted octanol–water partition coefficient (Wildman–Crippen LogP) is 5.85. The second-order valence-electron chi connectivity index (χ2n) is 7.50. The summed E-state index contributed by atoms with van der Waals surface area (Å²) in [7, 11) is 0. The highest BCUT2D eigenvalue weighted by atomic mass is 19.4. The van der Waals surface area contributed by atoms with Gasteiger partial charge < -0.3 is 10.5 Å². The molecule has 3 rings (SSSR count). The van der Waals surface area contributed by atoms with Crippen molar-refractivity contribution in [2.24, 2.45) is 0 Å². The summed E-state index contributed by atoms with van der Waals surface area (Å²) in [5, 5.41) is 3.17. The van der Waals surface area contributed by atoms with E-state index in [9.17, 15) is 18.0 Å². The summed E-state index contributed by atoms with van der Waals surface area (Å²) in [6.45, 7) is 4.97. The smallest absolute Gasteiger partial charge is 0.416 e. The van der Waals surface area contributed by atoms with Gasteiger partial charge in [0.1, 0.15) is 11.4 Å². The molecule has 3 N–H and O–H groups in total. The average molecular weight is 403 g/mol. The Bertz CT molecular complexity index is 1070. The zero-order valence-electron chi connectivity index (χ0n) is 16.1. The van der Waals surface area contributed by atoms with E-state index in [0.29, 0.717) is 16.6 Å². The van der Waals surface area contributed by atoms with Crippen molar-refractivity contribution in [1.82, 2.24) is 4.98 Å². The number of fused-ring (bicyclic) bond motifs is 1. The second kappa shape index (κ2) is 7.27. The molecule has 0 saturated heterocycles. The number of nitrogens with zero attached hydrogens (tertiary/aromatic N) is 1. The molecule has 1 aromatic heterocycles. The second-order valence-corrected chi connectivity index (χ2v) is 7.50. The van der Waals surface area contributed by atoms with Crippen molar-refractivity contribution in [2.45, 2.75) is 32.5 Å². The molecule has 2 aromatic carbocycles. The number of carbonyl (C=O) groups excluding carboxylic acids is 1. The van der Waals surface area contributed by atoms with Gasteiger partial charge in [-0.3, -0.25) is 5.32 Å². The minimum atomic E-state index is -4.57. The molecule has 5 nitrogen and oxygen atoms in total. The van der Waals surface area contributed by atoms with E-state index in [1.165, 1.54) is 6.07 Å². The fraction of sp³-hybridized carbons (Fsp3) is 0.238. The van der Waals surface area contributed by atoms with Gasteiger partial charge >= 0.3 is 12.3 Å². The van der Waals surface area contributed by atoms with Gasteiger partial charge in [-0.15, -0.1) is 0 Å². The summed E-state index contributed by atoms with van der Waals surface area (Å²) < 4.78 is 44.8. The van der Waals surface area contributed by atoms with Crippen molar-refractivity contribution in [2.75, 3.05) is 11.1 Å². The molecule has 0 radical (unpaired) electrons. The van der Waals surface area contributed by atoms with Crippen LogP contribution in [0.2, 0.25) is 0 Å². The fourth-order valence-corrected chi connectivity index (χ4v) is 2.82. The molecule has 0 aliphatic rings. The van der Waals surface area contributed by atoms with E-state index >= 15 is 0 Å². The lowest BCUT2D eigenvalue weighted by Gasteiger charge is -2.21. The van der Waals surface area contributed by atoms with Crippen LogP contribution < -0.4 is 11.1 Å². The highest BCUT2D eigenvalue weighted by molar-refractivity contribution is 5.96. The van der Waals surface area contributed by atoms with Gasteiger partial charge in [-0.05, 0) is 45.0 Å². The number of benzene rings is 2. The van der Waals surface area contributed by atoms with E-state index in [1.807, 2.05) is 18.2 Å². The van der Waals surface area contributed by atoms with Crippen LogP contribution in [0.1, 0.15) is 26.3 Å². The SMILES string of the molecule is CC(C)(C)OC(=O)Nc1cc(C(F)(F)F)ccc1-c1cc2ccccc2nc1N. The standard InChI is InChI=1S/C21H20F3N3O2/c1-20(2,3)29-19(28)27-17-11-13(21(22,23)24)8-9-14(17)15-10-12-6-4-5-7-16(12)26-18(15)25/h4-11H,1-3H3,(H2,25,26)(H,27,28). The van der Waals surface area contributed by atoms with E-state index in [0.717, 1.165) is 17.5 Å². The van der Waals surface area contributed by atoms with E-state index in [1.54, 1.807) is 32.9 Å². The van der Waals surface area contributed by atoms with Gasteiger partial charge in [-0.1, -0.05) is 24.3 Å². The van der Waals surface area contributed by atoms with Crippen molar-refractivity contribution >= 4 is 28.5 Å². The van der Waals surface area contributed by atoms with Crippen molar-refractivity contribution in [1.29, 1.82) is 0 Å². The summed E-state index contributed by atoms with van der Waals surface area (Å²) in [5.74, 6) is 0.135. The number of nitrogen functional groups attached to an aromatic ring is 1. The lowest BCUT2D eigenvalue weighted by atomic mass is 10.00. The van der Waals surface area contributed by atoms with Gasteiger partial charge in [0.05, 0.1) is 16.8 Å². The first kappa shape index (κ1) is 20.4. The van der Waals surface area contributed by atoms with E-state index < -0.39 is 23.4 Å². The largest absolute Gasteiger partial charge is 0.444 e. The molecule has 0 unspecified atom stereocenters. The van der Waals surface area contributed by atoms with Crippen molar-refractivity contribution < 1.29 is 22.7 Å². The van der Waals surface area contributed by atoms with Gasteiger partial charge in [0, 0.05) is 16.5 Å². The number of para-hydroxylation sites is 1. The number of ether oxygens (including phenoxy) is 1. The van der Waals surface area contributed by atoms with Crippen LogP contribution in [0, 0.1) is 0 Å². The van der Waals surface area contributed by atoms with Gasteiger partial charge in [-0.25, -0.2) is 9.78 Å². The molecular formula is C21H20F3N3O2. The summed E-state index contributed by atoms with van der Waals surface area (Å²) in [5.41, 5.74) is 5.65. The Balaban J connectivity index is 2.13. The molecule has 8 heteroatoms. The Labute approximate surface area is 165 Å². The highest BCUT2D eigenvalue weighted by Gasteiger charge is 2.32. The van der Waals surface area contributed by atoms with Gasteiger partial charge in [0.2, 0.25) is 0 Å². The van der Waals surface area contributed by atoms with E-state index in [4.69, 9.17) is 10.5 Å². The monoisotopic (exact) mass is 403 g/mol. The minimum absolute atomic E-state index is 0.0714.